The third-order valence-electron chi connectivity index (χ3n) is 14.4. The molecule has 8 aromatic carbocycles. The summed E-state index contributed by atoms with van der Waals surface area (Å²) in [5, 5.41) is 31.8. The van der Waals surface area contributed by atoms with Crippen LogP contribution in [0.25, 0.3) is 105 Å². The molecule has 4 aromatic heterocycles. The van der Waals surface area contributed by atoms with Gasteiger partial charge in [0, 0.05) is 68.6 Å². The van der Waals surface area contributed by atoms with Gasteiger partial charge in [-0.2, -0.15) is 0 Å². The highest BCUT2D eigenvalue weighted by Gasteiger charge is 2.32. The van der Waals surface area contributed by atoms with E-state index in [0.717, 1.165) is 57.3 Å². The number of benzene rings is 8. The standard InChI is InChI=1S/C56H41N9/c1-57-29-48-36-13-5-3-11-34(36)42-25-46-38-15-7-9-17-50(38)63(54(46)27-44(42)48)32-19-21-40-41-22-20-33(24-53(41)65(52(40)23-32)56-61-59-31-60-62-56)64-51-18-10-8-16-39(51)47-26-43-35-12-4-6-14-37(35)49(30-58-2)45(43)28-55(47)64/h3-28,31,48-49,57-58H,29-30H2,1-2H3. The summed E-state index contributed by atoms with van der Waals surface area (Å²) in [4.78, 5) is 0. The van der Waals surface area contributed by atoms with E-state index in [-0.39, 0.29) is 11.8 Å². The second-order valence-electron chi connectivity index (χ2n) is 17.6. The van der Waals surface area contributed by atoms with Gasteiger partial charge in [-0.05, 0) is 119 Å². The Morgan fingerprint density at radius 3 is 1.31 bits per heavy atom. The molecule has 2 aliphatic carbocycles. The van der Waals surface area contributed by atoms with Crippen molar-refractivity contribution in [2.24, 2.45) is 0 Å². The minimum absolute atomic E-state index is 0.262. The van der Waals surface area contributed by atoms with Gasteiger partial charge < -0.3 is 19.8 Å². The smallest absolute Gasteiger partial charge is 0.273 e. The van der Waals surface area contributed by atoms with Crippen molar-refractivity contribution in [3.8, 4) is 39.6 Å². The highest BCUT2D eigenvalue weighted by Crippen LogP contribution is 2.50. The molecule has 0 amide bonds. The molecule has 0 fully saturated rings. The predicted octanol–water partition coefficient (Wildman–Crippen LogP) is 11.2. The highest BCUT2D eigenvalue weighted by atomic mass is 15.3. The van der Waals surface area contributed by atoms with Crippen LogP contribution in [-0.4, -0.2) is 61.3 Å². The van der Waals surface area contributed by atoms with Gasteiger partial charge in [-0.25, -0.2) is 0 Å². The first-order valence-electron chi connectivity index (χ1n) is 22.4. The van der Waals surface area contributed by atoms with Gasteiger partial charge in [-0.3, -0.25) is 4.57 Å². The SMILES string of the molecule is CNCC1c2ccccc2-c2cc3c4ccccc4n(-c4ccc5c6ccc(-n7c8ccccc8c8cc9c(cc87)C(CNC)c7ccccc7-9)cc6n(-c6nncnn6)c5c4)c3cc21. The van der Waals surface area contributed by atoms with Gasteiger partial charge in [-0.15, -0.1) is 20.4 Å². The average Bonchev–Trinajstić information content (AvgIpc) is 4.12. The van der Waals surface area contributed by atoms with Crippen LogP contribution in [0.4, 0.5) is 0 Å². The molecule has 0 bridgehead atoms. The molecule has 9 nitrogen and oxygen atoms in total. The van der Waals surface area contributed by atoms with Crippen molar-refractivity contribution in [2.45, 2.75) is 11.8 Å². The van der Waals surface area contributed by atoms with Gasteiger partial charge >= 0.3 is 0 Å². The van der Waals surface area contributed by atoms with E-state index < -0.39 is 0 Å². The summed E-state index contributed by atoms with van der Waals surface area (Å²) in [6.45, 7) is 1.73. The lowest BCUT2D eigenvalue weighted by Crippen LogP contribution is -2.16. The number of rotatable bonds is 7. The lowest BCUT2D eigenvalue weighted by molar-refractivity contribution is 0.720. The maximum absolute atomic E-state index is 4.59. The molecule has 14 rings (SSSR count). The molecule has 2 unspecified atom stereocenters. The van der Waals surface area contributed by atoms with Gasteiger partial charge in [0.05, 0.1) is 33.1 Å². The fourth-order valence-corrected chi connectivity index (χ4v) is 11.7. The number of aromatic nitrogens is 7. The van der Waals surface area contributed by atoms with Crippen LogP contribution in [-0.2, 0) is 0 Å². The van der Waals surface area contributed by atoms with Gasteiger partial charge in [0.25, 0.3) is 5.95 Å². The number of nitrogens with one attached hydrogen (secondary N) is 2. The fourth-order valence-electron chi connectivity index (χ4n) is 11.7. The Labute approximate surface area is 373 Å². The molecule has 2 aliphatic rings. The monoisotopic (exact) mass is 839 g/mol. The Hall–Kier alpha value is -7.98. The molecule has 2 N–H and O–H groups in total. The van der Waals surface area contributed by atoms with Crippen LogP contribution < -0.4 is 10.6 Å². The maximum Gasteiger partial charge on any atom is 0.273 e. The van der Waals surface area contributed by atoms with Crippen molar-refractivity contribution in [2.75, 3.05) is 27.2 Å². The van der Waals surface area contributed by atoms with Crippen molar-refractivity contribution >= 4 is 65.4 Å². The molecule has 9 heteroatoms. The summed E-state index contributed by atoms with van der Waals surface area (Å²) in [5.41, 5.74) is 19.5. The van der Waals surface area contributed by atoms with Crippen molar-refractivity contribution in [3.05, 3.63) is 186 Å². The largest absolute Gasteiger partial charge is 0.319 e. The normalized spacial score (nSPS) is 15.2. The van der Waals surface area contributed by atoms with Crippen LogP contribution in [0.2, 0.25) is 0 Å². The van der Waals surface area contributed by atoms with Crippen LogP contribution in [0.15, 0.2) is 164 Å². The minimum atomic E-state index is 0.262. The van der Waals surface area contributed by atoms with Gasteiger partial charge in [-0.1, -0.05) is 97.1 Å². The third kappa shape index (κ3) is 5.04. The topological polar surface area (TPSA) is 90.4 Å². The summed E-state index contributed by atoms with van der Waals surface area (Å²) in [6, 6.07) is 58.6. The number of nitrogens with zero attached hydrogens (tertiary/aromatic N) is 7. The van der Waals surface area contributed by atoms with Crippen LogP contribution in [0.3, 0.4) is 0 Å². The Balaban J connectivity index is 1.00. The lowest BCUT2D eigenvalue weighted by atomic mass is 9.96. The second kappa shape index (κ2) is 13.8. The van der Waals surface area contributed by atoms with E-state index in [1.807, 2.05) is 14.1 Å². The van der Waals surface area contributed by atoms with Gasteiger partial charge in [0.1, 0.15) is 0 Å². The summed E-state index contributed by atoms with van der Waals surface area (Å²) in [6.07, 6.45) is 1.39. The van der Waals surface area contributed by atoms with E-state index >= 15 is 0 Å². The van der Waals surface area contributed by atoms with E-state index in [9.17, 15) is 0 Å². The van der Waals surface area contributed by atoms with Crippen molar-refractivity contribution in [1.82, 2.24) is 44.7 Å². The number of likely N-dealkylation sites (N-methyl/N-ethyl adjacent to an activating group) is 2. The zero-order chi connectivity index (χ0) is 42.9. The van der Waals surface area contributed by atoms with E-state index in [1.165, 1.54) is 83.4 Å². The molecule has 2 atom stereocenters. The van der Waals surface area contributed by atoms with Gasteiger partial charge in [0.2, 0.25) is 0 Å². The summed E-state index contributed by atoms with van der Waals surface area (Å²) in [5.74, 6) is 0.943. The van der Waals surface area contributed by atoms with Crippen molar-refractivity contribution in [3.63, 3.8) is 0 Å². The molecule has 0 saturated carbocycles. The first-order valence-corrected chi connectivity index (χ1v) is 22.4. The summed E-state index contributed by atoms with van der Waals surface area (Å²) in [7, 11) is 4.09. The molecule has 0 saturated heterocycles. The number of hydrogen-bond donors (Lipinski definition) is 2. The highest BCUT2D eigenvalue weighted by molar-refractivity contribution is 6.15. The number of fused-ring (bicyclic) bond motifs is 15. The van der Waals surface area contributed by atoms with Gasteiger partial charge in [0.15, 0.2) is 6.33 Å². The Morgan fingerprint density at radius 1 is 0.385 bits per heavy atom. The molecule has 12 aromatic rings. The number of hydrogen-bond acceptors (Lipinski definition) is 6. The molecule has 0 spiro atoms. The summed E-state index contributed by atoms with van der Waals surface area (Å²) >= 11 is 0. The maximum atomic E-state index is 4.59. The van der Waals surface area contributed by atoms with E-state index in [0.29, 0.717) is 5.95 Å². The zero-order valence-electron chi connectivity index (χ0n) is 35.8. The first kappa shape index (κ1) is 36.5. The third-order valence-corrected chi connectivity index (χ3v) is 14.4. The minimum Gasteiger partial charge on any atom is -0.319 e. The van der Waals surface area contributed by atoms with Crippen LogP contribution in [0.5, 0.6) is 0 Å². The van der Waals surface area contributed by atoms with Crippen LogP contribution in [0, 0.1) is 0 Å². The Kier molecular flexibility index (Phi) is 7.73. The van der Waals surface area contributed by atoms with E-state index in [1.54, 1.807) is 0 Å². The fraction of sp³-hybridized carbons (Fsp3) is 0.107. The lowest BCUT2D eigenvalue weighted by Gasteiger charge is -2.14. The molecule has 0 aliphatic heterocycles. The van der Waals surface area contributed by atoms with Crippen molar-refractivity contribution in [1.29, 1.82) is 0 Å². The quantitative estimate of drug-likeness (QED) is 0.166. The van der Waals surface area contributed by atoms with Crippen LogP contribution >= 0.6 is 0 Å². The Morgan fingerprint density at radius 2 is 0.815 bits per heavy atom. The molecule has 310 valence electrons. The Bertz CT molecular complexity index is 3710. The number of para-hydroxylation sites is 2. The second-order valence-corrected chi connectivity index (χ2v) is 17.6. The van der Waals surface area contributed by atoms with E-state index in [4.69, 9.17) is 0 Å². The van der Waals surface area contributed by atoms with Crippen molar-refractivity contribution < 1.29 is 0 Å². The molecule has 0 radical (unpaired) electrons. The summed E-state index contributed by atoms with van der Waals surface area (Å²) < 4.78 is 6.99. The molecular formula is C56H41N9. The van der Waals surface area contributed by atoms with E-state index in [2.05, 4.69) is 202 Å². The van der Waals surface area contributed by atoms with Crippen LogP contribution in [0.1, 0.15) is 34.1 Å². The first-order chi connectivity index (χ1) is 32.2. The predicted molar refractivity (Wildman–Crippen MR) is 263 cm³/mol. The zero-order valence-corrected chi connectivity index (χ0v) is 35.8. The molecular weight excluding hydrogens is 799 g/mol. The molecule has 4 heterocycles. The molecule has 65 heavy (non-hydrogen) atoms. The average molecular weight is 840 g/mol.